The molecule has 100 valence electrons. The van der Waals surface area contributed by atoms with E-state index in [9.17, 15) is 8.78 Å². The third kappa shape index (κ3) is 3.32. The van der Waals surface area contributed by atoms with E-state index >= 15 is 0 Å². The van der Waals surface area contributed by atoms with Crippen molar-refractivity contribution in [1.29, 1.82) is 0 Å². The van der Waals surface area contributed by atoms with Crippen LogP contribution in [0.25, 0.3) is 0 Å². The van der Waals surface area contributed by atoms with Crippen LogP contribution in [0.1, 0.15) is 27.6 Å². The first kappa shape index (κ1) is 14.0. The van der Waals surface area contributed by atoms with E-state index in [2.05, 4.69) is 6.07 Å². The molecule has 0 saturated heterocycles. The number of hydrogen-bond donors (Lipinski definition) is 0. The number of rotatable bonds is 3. The zero-order valence-corrected chi connectivity index (χ0v) is 11.6. The number of aryl methyl sites for hydroxylation is 2. The Morgan fingerprint density at radius 2 is 1.74 bits per heavy atom. The van der Waals surface area contributed by atoms with Crippen molar-refractivity contribution in [2.45, 2.75) is 25.6 Å². The van der Waals surface area contributed by atoms with Crippen LogP contribution >= 0.6 is 11.6 Å². The summed E-state index contributed by atoms with van der Waals surface area (Å²) in [6.07, 6.45) is 0.597. The van der Waals surface area contributed by atoms with Gasteiger partial charge in [-0.2, -0.15) is 0 Å². The zero-order chi connectivity index (χ0) is 14.0. The van der Waals surface area contributed by atoms with Crippen LogP contribution in [0.2, 0.25) is 0 Å². The molecule has 0 aliphatic heterocycles. The van der Waals surface area contributed by atoms with Gasteiger partial charge in [-0.15, -0.1) is 11.6 Å². The lowest BCUT2D eigenvalue weighted by atomic mass is 9.98. The second-order valence-electron chi connectivity index (χ2n) is 4.78. The van der Waals surface area contributed by atoms with Gasteiger partial charge < -0.3 is 0 Å². The molecule has 2 aromatic carbocycles. The van der Waals surface area contributed by atoms with Gasteiger partial charge >= 0.3 is 0 Å². The molecule has 19 heavy (non-hydrogen) atoms. The number of alkyl halides is 1. The molecular weight excluding hydrogens is 266 g/mol. The lowest BCUT2D eigenvalue weighted by molar-refractivity contribution is 0.507. The summed E-state index contributed by atoms with van der Waals surface area (Å²) in [6, 6.07) is 9.96. The van der Waals surface area contributed by atoms with E-state index in [1.807, 2.05) is 26.0 Å². The van der Waals surface area contributed by atoms with Gasteiger partial charge in [0, 0.05) is 0 Å². The minimum absolute atomic E-state index is 0.365. The van der Waals surface area contributed by atoms with Crippen LogP contribution in [-0.2, 0) is 6.42 Å². The Hall–Kier alpha value is -1.41. The summed E-state index contributed by atoms with van der Waals surface area (Å²) in [5.74, 6) is -1.71. The van der Waals surface area contributed by atoms with Crippen molar-refractivity contribution in [2.24, 2.45) is 0 Å². The van der Waals surface area contributed by atoms with Crippen molar-refractivity contribution in [3.8, 4) is 0 Å². The average Bonchev–Trinajstić information content (AvgIpc) is 2.37. The molecule has 0 amide bonds. The molecular formula is C16H15ClF2. The van der Waals surface area contributed by atoms with Gasteiger partial charge in [-0.05, 0) is 49.1 Å². The molecule has 0 radical (unpaired) electrons. The Balaban J connectivity index is 2.22. The molecule has 1 atom stereocenters. The first-order valence-corrected chi connectivity index (χ1v) is 6.56. The third-order valence-corrected chi connectivity index (χ3v) is 3.62. The molecule has 0 spiro atoms. The van der Waals surface area contributed by atoms with Crippen molar-refractivity contribution >= 4 is 11.6 Å². The highest BCUT2D eigenvalue weighted by Crippen LogP contribution is 2.27. The van der Waals surface area contributed by atoms with Crippen molar-refractivity contribution in [2.75, 3.05) is 0 Å². The second kappa shape index (κ2) is 5.70. The fourth-order valence-corrected chi connectivity index (χ4v) is 2.34. The molecule has 0 N–H and O–H groups in total. The summed E-state index contributed by atoms with van der Waals surface area (Å²) in [6.45, 7) is 4.04. The standard InChI is InChI=1S/C16H15ClF2/c1-10-3-4-11(2)13(7-10)8-14(17)12-5-6-15(18)16(19)9-12/h3-7,9,14H,8H2,1-2H3. The summed E-state index contributed by atoms with van der Waals surface area (Å²) < 4.78 is 26.1. The summed E-state index contributed by atoms with van der Waals surface area (Å²) in [5, 5.41) is -0.365. The Morgan fingerprint density at radius 1 is 1.00 bits per heavy atom. The molecule has 1 unspecified atom stereocenters. The van der Waals surface area contributed by atoms with Gasteiger partial charge in [0.1, 0.15) is 0 Å². The monoisotopic (exact) mass is 280 g/mol. The highest BCUT2D eigenvalue weighted by Gasteiger charge is 2.13. The number of halogens is 3. The normalized spacial score (nSPS) is 12.5. The van der Waals surface area contributed by atoms with Crippen molar-refractivity contribution in [1.82, 2.24) is 0 Å². The minimum Gasteiger partial charge on any atom is -0.204 e. The Bertz CT molecular complexity index is 593. The molecule has 3 heteroatoms. The Labute approximate surface area is 117 Å². The van der Waals surface area contributed by atoms with Gasteiger partial charge in [0.05, 0.1) is 5.38 Å². The lowest BCUT2D eigenvalue weighted by Gasteiger charge is -2.13. The average molecular weight is 281 g/mol. The molecule has 0 nitrogen and oxygen atoms in total. The molecule has 2 aromatic rings. The highest BCUT2D eigenvalue weighted by atomic mass is 35.5. The summed E-state index contributed by atoms with van der Waals surface area (Å²) in [4.78, 5) is 0. The van der Waals surface area contributed by atoms with Gasteiger partial charge in [0.15, 0.2) is 11.6 Å². The lowest BCUT2D eigenvalue weighted by Crippen LogP contribution is -2.00. The van der Waals surface area contributed by atoms with Crippen LogP contribution in [0.5, 0.6) is 0 Å². The molecule has 0 bridgehead atoms. The molecule has 0 aliphatic rings. The molecule has 0 fully saturated rings. The Kier molecular flexibility index (Phi) is 4.20. The van der Waals surface area contributed by atoms with Crippen molar-refractivity contribution in [3.05, 3.63) is 70.3 Å². The largest absolute Gasteiger partial charge is 0.204 e. The van der Waals surface area contributed by atoms with Crippen molar-refractivity contribution in [3.63, 3.8) is 0 Å². The van der Waals surface area contributed by atoms with Crippen LogP contribution in [0.4, 0.5) is 8.78 Å². The molecule has 0 saturated carbocycles. The fraction of sp³-hybridized carbons (Fsp3) is 0.250. The van der Waals surface area contributed by atoms with Crippen LogP contribution in [-0.4, -0.2) is 0 Å². The van der Waals surface area contributed by atoms with E-state index < -0.39 is 11.6 Å². The van der Waals surface area contributed by atoms with Crippen molar-refractivity contribution < 1.29 is 8.78 Å². The maximum atomic E-state index is 13.2. The number of benzene rings is 2. The fourth-order valence-electron chi connectivity index (χ4n) is 2.04. The predicted octanol–water partition coefficient (Wildman–Crippen LogP) is 5.10. The highest BCUT2D eigenvalue weighted by molar-refractivity contribution is 6.20. The van der Waals surface area contributed by atoms with E-state index in [0.717, 1.165) is 28.8 Å². The summed E-state index contributed by atoms with van der Waals surface area (Å²) in [5.41, 5.74) is 4.04. The first-order chi connectivity index (χ1) is 8.97. The van der Waals surface area contributed by atoms with E-state index in [4.69, 9.17) is 11.6 Å². The van der Waals surface area contributed by atoms with Gasteiger partial charge in [-0.3, -0.25) is 0 Å². The summed E-state index contributed by atoms with van der Waals surface area (Å²) in [7, 11) is 0. The van der Waals surface area contributed by atoms with Crippen LogP contribution in [0.15, 0.2) is 36.4 Å². The quantitative estimate of drug-likeness (QED) is 0.686. The molecule has 2 rings (SSSR count). The van der Waals surface area contributed by atoms with Gasteiger partial charge in [0.25, 0.3) is 0 Å². The molecule has 0 aliphatic carbocycles. The summed E-state index contributed by atoms with van der Waals surface area (Å²) >= 11 is 6.30. The van der Waals surface area contributed by atoms with Crippen LogP contribution in [0.3, 0.4) is 0 Å². The van der Waals surface area contributed by atoms with E-state index in [1.54, 1.807) is 0 Å². The van der Waals surface area contributed by atoms with Gasteiger partial charge in [0.2, 0.25) is 0 Å². The molecule has 0 heterocycles. The van der Waals surface area contributed by atoms with Gasteiger partial charge in [-0.25, -0.2) is 8.78 Å². The van der Waals surface area contributed by atoms with Crippen LogP contribution < -0.4 is 0 Å². The van der Waals surface area contributed by atoms with Crippen LogP contribution in [0, 0.1) is 25.5 Å². The van der Waals surface area contributed by atoms with E-state index in [0.29, 0.717) is 12.0 Å². The second-order valence-corrected chi connectivity index (χ2v) is 5.30. The predicted molar refractivity (Wildman–Crippen MR) is 74.6 cm³/mol. The maximum Gasteiger partial charge on any atom is 0.159 e. The smallest absolute Gasteiger partial charge is 0.159 e. The van der Waals surface area contributed by atoms with E-state index in [-0.39, 0.29) is 5.38 Å². The Morgan fingerprint density at radius 3 is 2.42 bits per heavy atom. The molecule has 0 aromatic heterocycles. The maximum absolute atomic E-state index is 13.2. The minimum atomic E-state index is -0.857. The topological polar surface area (TPSA) is 0 Å². The third-order valence-electron chi connectivity index (χ3n) is 3.21. The first-order valence-electron chi connectivity index (χ1n) is 6.12. The number of hydrogen-bond acceptors (Lipinski definition) is 0. The van der Waals surface area contributed by atoms with Gasteiger partial charge in [-0.1, -0.05) is 29.8 Å². The van der Waals surface area contributed by atoms with E-state index in [1.165, 1.54) is 6.07 Å². The SMILES string of the molecule is Cc1ccc(C)c(CC(Cl)c2ccc(F)c(F)c2)c1. The zero-order valence-electron chi connectivity index (χ0n) is 10.9.